The van der Waals surface area contributed by atoms with E-state index in [1.54, 1.807) is 18.5 Å². The molecule has 4 heterocycles. The second kappa shape index (κ2) is 7.07. The summed E-state index contributed by atoms with van der Waals surface area (Å²) in [5.74, 6) is 2.32. The molecule has 1 atom stereocenters. The van der Waals surface area contributed by atoms with E-state index in [0.717, 1.165) is 48.7 Å². The zero-order valence-electron chi connectivity index (χ0n) is 14.6. The maximum absolute atomic E-state index is 12.3. The van der Waals surface area contributed by atoms with Crippen LogP contribution in [-0.2, 0) is 24.2 Å². The zero-order chi connectivity index (χ0) is 17.9. The van der Waals surface area contributed by atoms with E-state index in [9.17, 15) is 4.79 Å². The zero-order valence-corrected chi connectivity index (χ0v) is 14.6. The lowest BCUT2D eigenvalue weighted by atomic mass is 10.1. The molecule has 8 heteroatoms. The Kier molecular flexibility index (Phi) is 4.47. The molecule has 1 aliphatic heterocycles. The lowest BCUT2D eigenvalue weighted by molar-refractivity contribution is -0.121. The molecular formula is C18H20N6O2. The molecule has 3 aromatic heterocycles. The molecule has 4 rings (SSSR count). The summed E-state index contributed by atoms with van der Waals surface area (Å²) in [6.07, 6.45) is 6.20. The lowest BCUT2D eigenvalue weighted by Crippen LogP contribution is -2.36. The average molecular weight is 352 g/mol. The van der Waals surface area contributed by atoms with Crippen LogP contribution in [0, 0.1) is 6.92 Å². The summed E-state index contributed by atoms with van der Waals surface area (Å²) in [5.41, 5.74) is 1.73. The predicted molar refractivity (Wildman–Crippen MR) is 93.1 cm³/mol. The Labute approximate surface area is 150 Å². The van der Waals surface area contributed by atoms with E-state index in [1.165, 1.54) is 0 Å². The number of aryl methyl sites for hydroxylation is 2. The molecule has 0 aromatic carbocycles. The molecule has 8 nitrogen and oxygen atoms in total. The minimum absolute atomic E-state index is 0.0451. The van der Waals surface area contributed by atoms with Crippen molar-refractivity contribution >= 4 is 5.91 Å². The van der Waals surface area contributed by atoms with Crippen LogP contribution in [0.15, 0.2) is 35.1 Å². The highest BCUT2D eigenvalue weighted by molar-refractivity contribution is 5.78. The van der Waals surface area contributed by atoms with Gasteiger partial charge in [-0.05, 0) is 31.9 Å². The molecule has 1 unspecified atom stereocenters. The summed E-state index contributed by atoms with van der Waals surface area (Å²) in [4.78, 5) is 16.4. The van der Waals surface area contributed by atoms with Crippen LogP contribution in [0.1, 0.15) is 30.1 Å². The van der Waals surface area contributed by atoms with Gasteiger partial charge in [-0.3, -0.25) is 9.78 Å². The highest BCUT2D eigenvalue weighted by atomic mass is 16.5. The quantitative estimate of drug-likeness (QED) is 0.767. The number of amides is 1. The van der Waals surface area contributed by atoms with Gasteiger partial charge in [-0.1, -0.05) is 5.16 Å². The SMILES string of the molecule is Cc1cc(CC(=O)NC2CCc3nnc(-c4cccnc4)n3CC2)on1. The Balaban J connectivity index is 1.41. The molecule has 0 radical (unpaired) electrons. The third kappa shape index (κ3) is 3.49. The van der Waals surface area contributed by atoms with E-state index < -0.39 is 0 Å². The number of carbonyl (C=O) groups excluding carboxylic acids is 1. The van der Waals surface area contributed by atoms with E-state index >= 15 is 0 Å². The molecule has 3 aromatic rings. The van der Waals surface area contributed by atoms with Gasteiger partial charge in [0.15, 0.2) is 5.82 Å². The number of rotatable bonds is 4. The third-order valence-corrected chi connectivity index (χ3v) is 4.54. The highest BCUT2D eigenvalue weighted by Crippen LogP contribution is 2.22. The second-order valence-corrected chi connectivity index (χ2v) is 6.54. The van der Waals surface area contributed by atoms with Gasteiger partial charge in [-0.25, -0.2) is 0 Å². The maximum Gasteiger partial charge on any atom is 0.227 e. The standard InChI is InChI=1S/C18H20N6O2/c1-12-9-15(26-23-12)10-17(25)20-14-4-5-16-21-22-18(24(16)8-6-14)13-3-2-7-19-11-13/h2-3,7,9,11,14H,4-6,8,10H2,1H3,(H,20,25). The first-order valence-electron chi connectivity index (χ1n) is 8.73. The Morgan fingerprint density at radius 2 is 2.31 bits per heavy atom. The van der Waals surface area contributed by atoms with Crippen molar-refractivity contribution in [1.29, 1.82) is 0 Å². The average Bonchev–Trinajstić information content (AvgIpc) is 3.18. The molecule has 0 aliphatic carbocycles. The normalized spacial score (nSPS) is 16.7. The first kappa shape index (κ1) is 16.4. The first-order valence-corrected chi connectivity index (χ1v) is 8.73. The van der Waals surface area contributed by atoms with Crippen LogP contribution in [0.3, 0.4) is 0 Å². The van der Waals surface area contributed by atoms with E-state index in [0.29, 0.717) is 5.76 Å². The van der Waals surface area contributed by atoms with Crippen molar-refractivity contribution in [3.63, 3.8) is 0 Å². The maximum atomic E-state index is 12.3. The molecule has 0 bridgehead atoms. The summed E-state index contributed by atoms with van der Waals surface area (Å²) in [6.45, 7) is 2.60. The van der Waals surface area contributed by atoms with Crippen molar-refractivity contribution in [1.82, 2.24) is 30.2 Å². The van der Waals surface area contributed by atoms with Crippen LogP contribution in [0.5, 0.6) is 0 Å². The molecule has 0 saturated heterocycles. The van der Waals surface area contributed by atoms with E-state index in [4.69, 9.17) is 4.52 Å². The van der Waals surface area contributed by atoms with Gasteiger partial charge in [0, 0.05) is 43.0 Å². The Morgan fingerprint density at radius 1 is 1.38 bits per heavy atom. The number of fused-ring (bicyclic) bond motifs is 1. The number of pyridine rings is 1. The van der Waals surface area contributed by atoms with Gasteiger partial charge in [0.25, 0.3) is 0 Å². The van der Waals surface area contributed by atoms with Crippen molar-refractivity contribution in [2.24, 2.45) is 0 Å². The van der Waals surface area contributed by atoms with Crippen LogP contribution in [0.2, 0.25) is 0 Å². The van der Waals surface area contributed by atoms with E-state index in [1.807, 2.05) is 19.1 Å². The fourth-order valence-electron chi connectivity index (χ4n) is 3.28. The van der Waals surface area contributed by atoms with Gasteiger partial charge in [-0.15, -0.1) is 10.2 Å². The largest absolute Gasteiger partial charge is 0.361 e. The van der Waals surface area contributed by atoms with Gasteiger partial charge in [-0.2, -0.15) is 0 Å². The predicted octanol–water partition coefficient (Wildman–Crippen LogP) is 1.70. The van der Waals surface area contributed by atoms with Crippen molar-refractivity contribution in [2.45, 2.75) is 45.2 Å². The summed E-state index contributed by atoms with van der Waals surface area (Å²) in [6, 6.07) is 5.76. The first-order chi connectivity index (χ1) is 12.7. The smallest absolute Gasteiger partial charge is 0.227 e. The van der Waals surface area contributed by atoms with Crippen LogP contribution >= 0.6 is 0 Å². The molecule has 1 N–H and O–H groups in total. The molecule has 1 amide bonds. The fraction of sp³-hybridized carbons (Fsp3) is 0.389. The Morgan fingerprint density at radius 3 is 3.08 bits per heavy atom. The van der Waals surface area contributed by atoms with Crippen molar-refractivity contribution in [2.75, 3.05) is 0 Å². The van der Waals surface area contributed by atoms with Crippen molar-refractivity contribution in [3.8, 4) is 11.4 Å². The number of hydrogen-bond donors (Lipinski definition) is 1. The fourth-order valence-corrected chi connectivity index (χ4v) is 3.28. The molecule has 134 valence electrons. The van der Waals surface area contributed by atoms with Gasteiger partial charge >= 0.3 is 0 Å². The summed E-state index contributed by atoms with van der Waals surface area (Å²) in [5, 5.41) is 15.6. The topological polar surface area (TPSA) is 98.7 Å². The molecule has 0 spiro atoms. The van der Waals surface area contributed by atoms with Crippen LogP contribution in [0.4, 0.5) is 0 Å². The Hall–Kier alpha value is -3.03. The van der Waals surface area contributed by atoms with Crippen LogP contribution in [0.25, 0.3) is 11.4 Å². The van der Waals surface area contributed by atoms with Crippen molar-refractivity contribution in [3.05, 3.63) is 47.9 Å². The minimum atomic E-state index is -0.0451. The van der Waals surface area contributed by atoms with Gasteiger partial charge in [0.1, 0.15) is 11.6 Å². The molecular weight excluding hydrogens is 332 g/mol. The monoisotopic (exact) mass is 352 g/mol. The highest BCUT2D eigenvalue weighted by Gasteiger charge is 2.22. The molecule has 0 fully saturated rings. The van der Waals surface area contributed by atoms with Crippen LogP contribution in [-0.4, -0.2) is 36.9 Å². The summed E-state index contributed by atoms with van der Waals surface area (Å²) in [7, 11) is 0. The van der Waals surface area contributed by atoms with Crippen LogP contribution < -0.4 is 5.32 Å². The van der Waals surface area contributed by atoms with Gasteiger partial charge in [0.2, 0.25) is 5.91 Å². The van der Waals surface area contributed by atoms with E-state index in [-0.39, 0.29) is 18.4 Å². The minimum Gasteiger partial charge on any atom is -0.361 e. The van der Waals surface area contributed by atoms with Gasteiger partial charge in [0.05, 0.1) is 12.1 Å². The molecule has 0 saturated carbocycles. The molecule has 1 aliphatic rings. The van der Waals surface area contributed by atoms with E-state index in [2.05, 4.69) is 30.2 Å². The number of carbonyl (C=O) groups is 1. The third-order valence-electron chi connectivity index (χ3n) is 4.54. The summed E-state index contributed by atoms with van der Waals surface area (Å²) < 4.78 is 7.24. The van der Waals surface area contributed by atoms with Crippen molar-refractivity contribution < 1.29 is 9.32 Å². The summed E-state index contributed by atoms with van der Waals surface area (Å²) >= 11 is 0. The number of aromatic nitrogens is 5. The Bertz CT molecular complexity index is 902. The number of nitrogens with zero attached hydrogens (tertiary/aromatic N) is 5. The second-order valence-electron chi connectivity index (χ2n) is 6.54. The van der Waals surface area contributed by atoms with Gasteiger partial charge < -0.3 is 14.4 Å². The number of hydrogen-bond acceptors (Lipinski definition) is 6. The molecule has 26 heavy (non-hydrogen) atoms. The lowest BCUT2D eigenvalue weighted by Gasteiger charge is -2.15. The number of nitrogens with one attached hydrogen (secondary N) is 1.